The number of aromatic amines is 2. The van der Waals surface area contributed by atoms with Crippen molar-refractivity contribution in [3.05, 3.63) is 75.2 Å². The summed E-state index contributed by atoms with van der Waals surface area (Å²) in [6, 6.07) is 11.6. The summed E-state index contributed by atoms with van der Waals surface area (Å²) in [6.45, 7) is 0.602. The fourth-order valence-electron chi connectivity index (χ4n) is 5.01. The second-order valence-electron chi connectivity index (χ2n) is 7.46. The molecule has 1 atom stereocenters. The lowest BCUT2D eigenvalue weighted by Gasteiger charge is -2.26. The highest BCUT2D eigenvalue weighted by molar-refractivity contribution is 6.31. The number of anilines is 1. The van der Waals surface area contributed by atoms with Crippen LogP contribution in [0, 0.1) is 0 Å². The third kappa shape index (κ3) is 1.99. The molecule has 2 aromatic heterocycles. The second-order valence-corrected chi connectivity index (χ2v) is 8.33. The van der Waals surface area contributed by atoms with Crippen LogP contribution in [0.5, 0.6) is 0 Å². The van der Waals surface area contributed by atoms with Gasteiger partial charge in [0.05, 0.1) is 12.5 Å². The molecule has 0 amide bonds. The molecule has 0 saturated carbocycles. The number of hydrogen-bond acceptors (Lipinski definition) is 3. The van der Waals surface area contributed by atoms with Gasteiger partial charge in [-0.05, 0) is 42.0 Å². The molecule has 1 aliphatic carbocycles. The van der Waals surface area contributed by atoms with Crippen molar-refractivity contribution in [1.82, 2.24) is 9.97 Å². The predicted molar refractivity (Wildman–Crippen MR) is 114 cm³/mol. The first-order chi connectivity index (χ1) is 14.0. The normalized spacial score (nSPS) is 18.6. The number of methoxy groups -OCH3 is 1. The molecule has 4 aromatic rings. The molecule has 2 aliphatic rings. The first-order valence-corrected chi connectivity index (χ1v) is 9.96. The average Bonchev–Trinajstić information content (AvgIpc) is 3.43. The van der Waals surface area contributed by atoms with Crippen LogP contribution in [-0.2, 0) is 10.2 Å². The number of nitrogens with one attached hydrogen (secondary N) is 3. The van der Waals surface area contributed by atoms with Gasteiger partial charge in [-0.3, -0.25) is 0 Å². The minimum absolute atomic E-state index is 0.395. The van der Waals surface area contributed by atoms with Crippen molar-refractivity contribution in [2.75, 3.05) is 19.0 Å². The standard InChI is InChI=1S/C22H15Cl2N3O2/c1-29-21(28)19-18-13(8-25-19)17-12-6-10(23)2-4-15(12)27-20(17)22(18)9-26-16-5-3-11(24)7-14(16)22/h2-8,25-27H,9H2,1H3. The Morgan fingerprint density at radius 2 is 1.93 bits per heavy atom. The molecule has 0 saturated heterocycles. The van der Waals surface area contributed by atoms with Crippen LogP contribution in [0.2, 0.25) is 10.0 Å². The van der Waals surface area contributed by atoms with Crippen molar-refractivity contribution in [1.29, 1.82) is 0 Å². The molecule has 0 radical (unpaired) electrons. The third-order valence-corrected chi connectivity index (χ3v) is 6.61. The molecule has 3 heterocycles. The van der Waals surface area contributed by atoms with Crippen LogP contribution in [0.3, 0.4) is 0 Å². The van der Waals surface area contributed by atoms with Gasteiger partial charge >= 0.3 is 5.97 Å². The van der Waals surface area contributed by atoms with E-state index in [1.807, 2.05) is 42.6 Å². The van der Waals surface area contributed by atoms with Crippen LogP contribution in [0.15, 0.2) is 42.6 Å². The van der Waals surface area contributed by atoms with Gasteiger partial charge in [0.25, 0.3) is 0 Å². The number of halogens is 2. The summed E-state index contributed by atoms with van der Waals surface area (Å²) in [5, 5.41) is 5.84. The van der Waals surface area contributed by atoms with E-state index in [2.05, 4.69) is 15.3 Å². The van der Waals surface area contributed by atoms with E-state index in [1.54, 1.807) is 0 Å². The highest BCUT2D eigenvalue weighted by Crippen LogP contribution is 2.59. The zero-order valence-corrected chi connectivity index (χ0v) is 16.8. The summed E-state index contributed by atoms with van der Waals surface area (Å²) in [5.41, 5.74) is 6.88. The van der Waals surface area contributed by atoms with Crippen LogP contribution in [-0.4, -0.2) is 29.6 Å². The Labute approximate surface area is 176 Å². The molecule has 1 unspecified atom stereocenters. The summed E-state index contributed by atoms with van der Waals surface area (Å²) in [4.78, 5) is 19.4. The van der Waals surface area contributed by atoms with E-state index in [9.17, 15) is 4.79 Å². The van der Waals surface area contributed by atoms with Gasteiger partial charge in [0.1, 0.15) is 5.69 Å². The van der Waals surface area contributed by atoms with Crippen LogP contribution in [0.4, 0.5) is 5.69 Å². The number of hydrogen-bond donors (Lipinski definition) is 3. The first-order valence-electron chi connectivity index (χ1n) is 9.20. The van der Waals surface area contributed by atoms with E-state index in [1.165, 1.54) is 7.11 Å². The summed E-state index contributed by atoms with van der Waals surface area (Å²) < 4.78 is 5.07. The zero-order valence-electron chi connectivity index (χ0n) is 15.3. The molecule has 7 heteroatoms. The molecule has 5 nitrogen and oxygen atoms in total. The highest BCUT2D eigenvalue weighted by Gasteiger charge is 2.53. The monoisotopic (exact) mass is 423 g/mol. The minimum atomic E-state index is -0.583. The van der Waals surface area contributed by atoms with E-state index >= 15 is 0 Å². The molecule has 144 valence electrons. The minimum Gasteiger partial charge on any atom is -0.464 e. The van der Waals surface area contributed by atoms with Gasteiger partial charge < -0.3 is 20.0 Å². The number of esters is 1. The quantitative estimate of drug-likeness (QED) is 0.362. The van der Waals surface area contributed by atoms with Gasteiger partial charge in [0, 0.05) is 61.8 Å². The van der Waals surface area contributed by atoms with Gasteiger partial charge in [0.2, 0.25) is 0 Å². The Hall–Kier alpha value is -2.89. The predicted octanol–water partition coefficient (Wildman–Crippen LogP) is 5.33. The lowest BCUT2D eigenvalue weighted by molar-refractivity contribution is 0.0592. The maximum Gasteiger partial charge on any atom is 0.354 e. The molecule has 1 aliphatic heterocycles. The summed E-state index contributed by atoms with van der Waals surface area (Å²) in [6.07, 6.45) is 1.88. The largest absolute Gasteiger partial charge is 0.464 e. The zero-order chi connectivity index (χ0) is 19.9. The van der Waals surface area contributed by atoms with E-state index in [0.717, 1.165) is 44.5 Å². The molecular weight excluding hydrogens is 409 g/mol. The van der Waals surface area contributed by atoms with Gasteiger partial charge in [0.15, 0.2) is 0 Å². The Balaban J connectivity index is 1.78. The van der Waals surface area contributed by atoms with Crippen LogP contribution < -0.4 is 5.32 Å². The van der Waals surface area contributed by atoms with Gasteiger partial charge in [-0.25, -0.2) is 4.79 Å². The Morgan fingerprint density at radius 1 is 1.14 bits per heavy atom. The summed E-state index contributed by atoms with van der Waals surface area (Å²) in [7, 11) is 1.39. The van der Waals surface area contributed by atoms with E-state index in [-0.39, 0.29) is 0 Å². The van der Waals surface area contributed by atoms with Crippen molar-refractivity contribution in [2.45, 2.75) is 5.41 Å². The first kappa shape index (κ1) is 17.0. The molecule has 0 bridgehead atoms. The second kappa shape index (κ2) is 5.59. The maximum atomic E-state index is 12.6. The lowest BCUT2D eigenvalue weighted by atomic mass is 9.76. The van der Waals surface area contributed by atoms with Gasteiger partial charge in [-0.15, -0.1) is 0 Å². The van der Waals surface area contributed by atoms with Crippen LogP contribution >= 0.6 is 23.2 Å². The number of rotatable bonds is 1. The molecule has 6 rings (SSSR count). The Bertz CT molecular complexity index is 1350. The van der Waals surface area contributed by atoms with Crippen molar-refractivity contribution in [3.8, 4) is 11.1 Å². The number of H-pyrrole nitrogens is 2. The Kier molecular flexibility index (Phi) is 3.28. The summed E-state index contributed by atoms with van der Waals surface area (Å²) in [5.74, 6) is -0.395. The average molecular weight is 424 g/mol. The smallest absolute Gasteiger partial charge is 0.354 e. The van der Waals surface area contributed by atoms with Crippen molar-refractivity contribution < 1.29 is 9.53 Å². The Morgan fingerprint density at radius 3 is 2.76 bits per heavy atom. The fraction of sp³-hybridized carbons (Fsp3) is 0.136. The lowest BCUT2D eigenvalue weighted by Crippen LogP contribution is -2.31. The van der Waals surface area contributed by atoms with Crippen LogP contribution in [0.25, 0.3) is 22.0 Å². The summed E-state index contributed by atoms with van der Waals surface area (Å²) >= 11 is 12.7. The highest BCUT2D eigenvalue weighted by atomic mass is 35.5. The van der Waals surface area contributed by atoms with Gasteiger partial charge in [-0.1, -0.05) is 23.2 Å². The number of fused-ring (bicyclic) bond motifs is 9. The maximum absolute atomic E-state index is 12.6. The molecule has 1 spiro atoms. The molecule has 0 fully saturated rings. The number of carbonyl (C=O) groups excluding carboxylic acids is 1. The van der Waals surface area contributed by atoms with Gasteiger partial charge in [-0.2, -0.15) is 0 Å². The molecule has 3 N–H and O–H groups in total. The number of carbonyl (C=O) groups is 1. The number of ether oxygens (including phenoxy) is 1. The molecule has 29 heavy (non-hydrogen) atoms. The fourth-order valence-corrected chi connectivity index (χ4v) is 5.35. The van der Waals surface area contributed by atoms with Crippen molar-refractivity contribution >= 4 is 45.8 Å². The van der Waals surface area contributed by atoms with E-state index < -0.39 is 11.4 Å². The number of benzene rings is 2. The molecular formula is C22H15Cl2N3O2. The topological polar surface area (TPSA) is 69.9 Å². The number of aromatic nitrogens is 2. The van der Waals surface area contributed by atoms with Crippen molar-refractivity contribution in [3.63, 3.8) is 0 Å². The van der Waals surface area contributed by atoms with Crippen LogP contribution in [0.1, 0.15) is 27.3 Å². The van der Waals surface area contributed by atoms with E-state index in [4.69, 9.17) is 27.9 Å². The third-order valence-electron chi connectivity index (χ3n) is 6.14. The van der Waals surface area contributed by atoms with Crippen molar-refractivity contribution in [2.24, 2.45) is 0 Å². The van der Waals surface area contributed by atoms with E-state index in [0.29, 0.717) is 22.3 Å². The molecule has 2 aromatic carbocycles. The SMILES string of the molecule is COC(=O)c1[nH]cc2c1C1(CNc3ccc(Cl)cc31)c1[nH]c3ccc(Cl)cc3c1-2.